The molecule has 0 saturated carbocycles. The third-order valence-corrected chi connectivity index (χ3v) is 5.08. The summed E-state index contributed by atoms with van der Waals surface area (Å²) in [6, 6.07) is 10.9. The third-order valence-electron chi connectivity index (χ3n) is 3.85. The molecule has 2 heterocycles. The molecule has 26 heavy (non-hydrogen) atoms. The Balaban J connectivity index is 1.59. The summed E-state index contributed by atoms with van der Waals surface area (Å²) < 4.78 is 0.583. The van der Waals surface area contributed by atoms with E-state index in [9.17, 15) is 9.59 Å². The van der Waals surface area contributed by atoms with Crippen molar-refractivity contribution in [2.45, 2.75) is 6.92 Å². The van der Waals surface area contributed by atoms with Crippen molar-refractivity contribution >= 4 is 46.1 Å². The van der Waals surface area contributed by atoms with Gasteiger partial charge < -0.3 is 15.6 Å². The molecule has 0 bridgehead atoms. The van der Waals surface area contributed by atoms with Crippen LogP contribution in [0.25, 0.3) is 0 Å². The van der Waals surface area contributed by atoms with E-state index in [0.717, 1.165) is 17.1 Å². The summed E-state index contributed by atoms with van der Waals surface area (Å²) in [5, 5.41) is 4.63. The second-order valence-corrected chi connectivity index (χ2v) is 7.36. The quantitative estimate of drug-likeness (QED) is 0.730. The highest BCUT2D eigenvalue weighted by Gasteiger charge is 2.15. The maximum atomic E-state index is 12.0. The van der Waals surface area contributed by atoms with E-state index in [1.807, 2.05) is 30.5 Å². The number of thiophene rings is 1. The largest absolute Gasteiger partial charge is 0.346 e. The van der Waals surface area contributed by atoms with Crippen LogP contribution in [0, 0.1) is 0 Å². The molecular weight excluding hydrogens is 374 g/mol. The zero-order chi connectivity index (χ0) is 18.7. The van der Waals surface area contributed by atoms with Crippen molar-refractivity contribution in [3.63, 3.8) is 0 Å². The van der Waals surface area contributed by atoms with Gasteiger partial charge in [0.1, 0.15) is 0 Å². The zero-order valence-electron chi connectivity index (χ0n) is 14.2. The molecule has 2 aromatic rings. The molecule has 0 unspecified atom stereocenters. The van der Waals surface area contributed by atoms with Gasteiger partial charge in [0, 0.05) is 25.9 Å². The Bertz CT molecular complexity index is 849. The van der Waals surface area contributed by atoms with Crippen LogP contribution in [-0.4, -0.2) is 25.4 Å². The van der Waals surface area contributed by atoms with Crippen LogP contribution in [0.2, 0.25) is 4.34 Å². The zero-order valence-corrected chi connectivity index (χ0v) is 15.8. The van der Waals surface area contributed by atoms with E-state index >= 15 is 0 Å². The second kappa shape index (κ2) is 7.77. The third kappa shape index (κ3) is 4.16. The summed E-state index contributed by atoms with van der Waals surface area (Å²) in [6.07, 6.45) is 1.85. The van der Waals surface area contributed by atoms with Gasteiger partial charge in [-0.05, 0) is 36.4 Å². The number of nitrogens with one attached hydrogen (secondary N) is 3. The number of amides is 2. The monoisotopic (exact) mass is 391 g/mol. The number of carbonyl (C=O) groups excluding carboxylic acids is 2. The fourth-order valence-corrected chi connectivity index (χ4v) is 3.26. The van der Waals surface area contributed by atoms with E-state index < -0.39 is 0 Å². The van der Waals surface area contributed by atoms with Crippen molar-refractivity contribution in [3.05, 3.63) is 57.5 Å². The highest BCUT2D eigenvalue weighted by atomic mass is 35.5. The van der Waals surface area contributed by atoms with Gasteiger partial charge in [-0.2, -0.15) is 0 Å². The molecular formula is C17H18ClN5O2S. The van der Waals surface area contributed by atoms with Gasteiger partial charge in [-0.15, -0.1) is 16.9 Å². The summed E-state index contributed by atoms with van der Waals surface area (Å²) in [6.45, 7) is 1.87. The van der Waals surface area contributed by atoms with Gasteiger partial charge >= 0.3 is 0 Å². The SMILES string of the molecule is CC(=O)N(C)c1ccc(N2C=C(CNC(=O)c3ccc(Cl)s3)NN2)cc1. The summed E-state index contributed by atoms with van der Waals surface area (Å²) in [5.41, 5.74) is 8.53. The molecule has 0 aliphatic carbocycles. The van der Waals surface area contributed by atoms with Crippen LogP contribution < -0.4 is 26.2 Å². The first-order chi connectivity index (χ1) is 12.4. The number of rotatable bonds is 5. The molecule has 1 aliphatic rings. The van der Waals surface area contributed by atoms with Crippen molar-refractivity contribution in [1.29, 1.82) is 0 Å². The van der Waals surface area contributed by atoms with Crippen LogP contribution in [0.3, 0.4) is 0 Å². The summed E-state index contributed by atoms with van der Waals surface area (Å²) in [7, 11) is 1.73. The Labute approximate surface area is 160 Å². The van der Waals surface area contributed by atoms with E-state index in [2.05, 4.69) is 16.3 Å². The van der Waals surface area contributed by atoms with Crippen molar-refractivity contribution in [2.24, 2.45) is 0 Å². The molecule has 0 fully saturated rings. The number of hydrogen-bond donors (Lipinski definition) is 3. The lowest BCUT2D eigenvalue weighted by atomic mass is 10.2. The van der Waals surface area contributed by atoms with E-state index in [1.54, 1.807) is 29.1 Å². The molecule has 7 nitrogen and oxygen atoms in total. The van der Waals surface area contributed by atoms with Gasteiger partial charge in [0.05, 0.1) is 27.1 Å². The molecule has 0 spiro atoms. The topological polar surface area (TPSA) is 76.7 Å². The predicted molar refractivity (Wildman–Crippen MR) is 104 cm³/mol. The smallest absolute Gasteiger partial charge is 0.261 e. The Morgan fingerprint density at radius 3 is 2.58 bits per heavy atom. The highest BCUT2D eigenvalue weighted by molar-refractivity contribution is 7.17. The first kappa shape index (κ1) is 18.2. The maximum Gasteiger partial charge on any atom is 0.261 e. The molecule has 136 valence electrons. The van der Waals surface area contributed by atoms with Gasteiger partial charge in [-0.1, -0.05) is 11.6 Å². The maximum absolute atomic E-state index is 12.0. The lowest BCUT2D eigenvalue weighted by Gasteiger charge is -2.18. The second-order valence-electron chi connectivity index (χ2n) is 5.64. The van der Waals surface area contributed by atoms with E-state index in [1.165, 1.54) is 18.3 Å². The normalized spacial score (nSPS) is 13.2. The molecule has 1 aromatic heterocycles. The number of nitrogens with zero attached hydrogens (tertiary/aromatic N) is 2. The highest BCUT2D eigenvalue weighted by Crippen LogP contribution is 2.22. The lowest BCUT2D eigenvalue weighted by Crippen LogP contribution is -2.38. The van der Waals surface area contributed by atoms with Crippen molar-refractivity contribution < 1.29 is 9.59 Å². The van der Waals surface area contributed by atoms with Gasteiger partial charge in [0.25, 0.3) is 5.91 Å². The number of benzene rings is 1. The van der Waals surface area contributed by atoms with Crippen LogP contribution in [0.5, 0.6) is 0 Å². The van der Waals surface area contributed by atoms with Crippen molar-refractivity contribution in [2.75, 3.05) is 23.5 Å². The number of carbonyl (C=O) groups is 2. The summed E-state index contributed by atoms with van der Waals surface area (Å²) in [4.78, 5) is 25.6. The number of hydrazine groups is 2. The van der Waals surface area contributed by atoms with E-state index in [4.69, 9.17) is 11.6 Å². The fourth-order valence-electron chi connectivity index (χ4n) is 2.30. The standard InChI is InChI=1S/C17H18ClN5O2S/c1-11(24)22(2)13-3-5-14(6-4-13)23-10-12(20-21-23)9-19-17(25)15-7-8-16(18)26-15/h3-8,10,20-21H,9H2,1-2H3,(H,19,25). The Hall–Kier alpha value is -2.55. The number of halogens is 1. The van der Waals surface area contributed by atoms with Crippen LogP contribution in [-0.2, 0) is 4.79 Å². The summed E-state index contributed by atoms with van der Waals surface area (Å²) in [5.74, 6) is -0.191. The summed E-state index contributed by atoms with van der Waals surface area (Å²) >= 11 is 7.08. The minimum absolute atomic E-state index is 0.0244. The van der Waals surface area contributed by atoms with Crippen LogP contribution in [0.4, 0.5) is 11.4 Å². The molecule has 3 rings (SSSR count). The first-order valence-corrected chi connectivity index (χ1v) is 9.03. The van der Waals surface area contributed by atoms with Crippen LogP contribution >= 0.6 is 22.9 Å². The van der Waals surface area contributed by atoms with Gasteiger partial charge in [0.2, 0.25) is 5.91 Å². The van der Waals surface area contributed by atoms with Crippen LogP contribution in [0.15, 0.2) is 48.3 Å². The van der Waals surface area contributed by atoms with Crippen LogP contribution in [0.1, 0.15) is 16.6 Å². The average molecular weight is 392 g/mol. The number of anilines is 2. The average Bonchev–Trinajstić information content (AvgIpc) is 3.28. The molecule has 0 atom stereocenters. The minimum Gasteiger partial charge on any atom is -0.346 e. The number of hydrogen-bond acceptors (Lipinski definition) is 6. The predicted octanol–water partition coefficient (Wildman–Crippen LogP) is 2.48. The lowest BCUT2D eigenvalue weighted by molar-refractivity contribution is -0.116. The molecule has 2 amide bonds. The molecule has 3 N–H and O–H groups in total. The van der Waals surface area contributed by atoms with Gasteiger partial charge in [-0.25, -0.2) is 0 Å². The Morgan fingerprint density at radius 2 is 1.96 bits per heavy atom. The van der Waals surface area contributed by atoms with Gasteiger partial charge in [-0.3, -0.25) is 14.6 Å². The van der Waals surface area contributed by atoms with E-state index in [-0.39, 0.29) is 11.8 Å². The minimum atomic E-state index is -0.167. The van der Waals surface area contributed by atoms with E-state index in [0.29, 0.717) is 15.8 Å². The van der Waals surface area contributed by atoms with Crippen molar-refractivity contribution in [3.8, 4) is 0 Å². The first-order valence-electron chi connectivity index (χ1n) is 7.83. The van der Waals surface area contributed by atoms with Gasteiger partial charge in [0.15, 0.2) is 0 Å². The Kier molecular flexibility index (Phi) is 5.46. The van der Waals surface area contributed by atoms with Crippen molar-refractivity contribution in [1.82, 2.24) is 16.3 Å². The molecule has 9 heteroatoms. The molecule has 0 radical (unpaired) electrons. The molecule has 0 saturated heterocycles. The molecule has 1 aromatic carbocycles. The Morgan fingerprint density at radius 1 is 1.23 bits per heavy atom. The molecule has 1 aliphatic heterocycles. The fraction of sp³-hybridized carbons (Fsp3) is 0.176.